The van der Waals surface area contributed by atoms with Crippen LogP contribution in [0.1, 0.15) is 40.8 Å². The summed E-state index contributed by atoms with van der Waals surface area (Å²) in [7, 11) is 0. The first-order valence-corrected chi connectivity index (χ1v) is 9.56. The second-order valence-electron chi connectivity index (χ2n) is 6.65. The average Bonchev–Trinajstić information content (AvgIpc) is 3.05. The summed E-state index contributed by atoms with van der Waals surface area (Å²) >= 11 is 1.59. The summed E-state index contributed by atoms with van der Waals surface area (Å²) in [5.74, 6) is 0.00841. The van der Waals surface area contributed by atoms with Gasteiger partial charge in [-0.15, -0.1) is 11.3 Å². The number of hydrogen-bond acceptors (Lipinski definition) is 5. The zero-order chi connectivity index (χ0) is 18.7. The van der Waals surface area contributed by atoms with E-state index in [-0.39, 0.29) is 23.8 Å². The monoisotopic (exact) mass is 373 g/mol. The fourth-order valence-electron chi connectivity index (χ4n) is 3.11. The van der Waals surface area contributed by atoms with E-state index in [4.69, 9.17) is 10.5 Å². The largest absolute Gasteiger partial charge is 0.487 e. The molecule has 2 aromatic rings. The number of carbonyl (C=O) groups excluding carboxylic acids is 2. The SMILES string of the molecule is Cc1nc(COc2ccc(C(=O)N3C[C@@H](C(N)=O)CC[C@H]3C)cc2)cs1. The van der Waals surface area contributed by atoms with Gasteiger partial charge < -0.3 is 15.4 Å². The molecule has 0 spiro atoms. The number of primary amides is 1. The summed E-state index contributed by atoms with van der Waals surface area (Å²) < 4.78 is 5.71. The Morgan fingerprint density at radius 2 is 2.04 bits per heavy atom. The molecule has 0 unspecified atom stereocenters. The molecule has 1 saturated heterocycles. The Labute approximate surface area is 157 Å². The van der Waals surface area contributed by atoms with Crippen molar-refractivity contribution in [1.82, 2.24) is 9.88 Å². The fourth-order valence-corrected chi connectivity index (χ4v) is 3.71. The Morgan fingerprint density at radius 1 is 1.31 bits per heavy atom. The van der Waals surface area contributed by atoms with Gasteiger partial charge in [-0.05, 0) is 51.0 Å². The van der Waals surface area contributed by atoms with E-state index in [1.165, 1.54) is 0 Å². The van der Waals surface area contributed by atoms with E-state index in [2.05, 4.69) is 4.98 Å². The molecule has 138 valence electrons. The first-order valence-electron chi connectivity index (χ1n) is 8.68. The van der Waals surface area contributed by atoms with Crippen LogP contribution in [0.25, 0.3) is 0 Å². The molecule has 26 heavy (non-hydrogen) atoms. The number of likely N-dealkylation sites (tertiary alicyclic amines) is 1. The summed E-state index contributed by atoms with van der Waals surface area (Å²) in [6.45, 7) is 4.75. The van der Waals surface area contributed by atoms with Gasteiger partial charge in [-0.2, -0.15) is 0 Å². The van der Waals surface area contributed by atoms with Gasteiger partial charge in [0.05, 0.1) is 16.6 Å². The maximum atomic E-state index is 12.8. The number of nitrogens with zero attached hydrogens (tertiary/aromatic N) is 2. The molecule has 1 aromatic heterocycles. The molecular weight excluding hydrogens is 350 g/mol. The molecule has 0 radical (unpaired) electrons. The molecule has 1 aliphatic rings. The maximum absolute atomic E-state index is 12.8. The molecule has 1 fully saturated rings. The Hall–Kier alpha value is -2.41. The number of thiazole rings is 1. The van der Waals surface area contributed by atoms with Crippen molar-refractivity contribution >= 4 is 23.2 Å². The number of carbonyl (C=O) groups is 2. The Bertz CT molecular complexity index is 788. The van der Waals surface area contributed by atoms with E-state index in [0.29, 0.717) is 24.5 Å². The van der Waals surface area contributed by atoms with Crippen molar-refractivity contribution in [3.8, 4) is 5.75 Å². The molecule has 2 N–H and O–H groups in total. The van der Waals surface area contributed by atoms with Crippen LogP contribution >= 0.6 is 11.3 Å². The van der Waals surface area contributed by atoms with Crippen LogP contribution in [0.2, 0.25) is 0 Å². The first kappa shape index (κ1) is 18.4. The third-order valence-corrected chi connectivity index (χ3v) is 5.52. The highest BCUT2D eigenvalue weighted by atomic mass is 32.1. The lowest BCUT2D eigenvalue weighted by Gasteiger charge is -2.37. The number of piperidine rings is 1. The third-order valence-electron chi connectivity index (χ3n) is 4.70. The lowest BCUT2D eigenvalue weighted by molar-refractivity contribution is -0.123. The fraction of sp³-hybridized carbons (Fsp3) is 0.421. The lowest BCUT2D eigenvalue weighted by atomic mass is 9.92. The molecule has 2 heterocycles. The lowest BCUT2D eigenvalue weighted by Crippen LogP contribution is -2.48. The van der Waals surface area contributed by atoms with Crippen molar-refractivity contribution in [3.05, 3.63) is 45.9 Å². The minimum atomic E-state index is -0.337. The highest BCUT2D eigenvalue weighted by Crippen LogP contribution is 2.24. The molecule has 2 atom stereocenters. The number of nitrogens with two attached hydrogens (primary N) is 1. The van der Waals surface area contributed by atoms with Crippen LogP contribution in [0.15, 0.2) is 29.6 Å². The van der Waals surface area contributed by atoms with Crippen molar-refractivity contribution in [2.75, 3.05) is 6.54 Å². The molecule has 7 heteroatoms. The van der Waals surface area contributed by atoms with E-state index < -0.39 is 0 Å². The smallest absolute Gasteiger partial charge is 0.254 e. The summed E-state index contributed by atoms with van der Waals surface area (Å²) in [5.41, 5.74) is 6.90. The van der Waals surface area contributed by atoms with Crippen LogP contribution in [0.4, 0.5) is 0 Å². The van der Waals surface area contributed by atoms with Crippen LogP contribution in [-0.2, 0) is 11.4 Å². The average molecular weight is 373 g/mol. The van der Waals surface area contributed by atoms with E-state index in [9.17, 15) is 9.59 Å². The van der Waals surface area contributed by atoms with Crippen LogP contribution < -0.4 is 10.5 Å². The zero-order valence-electron chi connectivity index (χ0n) is 15.0. The van der Waals surface area contributed by atoms with Crippen molar-refractivity contribution in [1.29, 1.82) is 0 Å². The van der Waals surface area contributed by atoms with Gasteiger partial charge in [-0.25, -0.2) is 4.98 Å². The van der Waals surface area contributed by atoms with Gasteiger partial charge in [0.1, 0.15) is 12.4 Å². The third kappa shape index (κ3) is 4.22. The zero-order valence-corrected chi connectivity index (χ0v) is 15.8. The van der Waals surface area contributed by atoms with Gasteiger partial charge in [0.25, 0.3) is 5.91 Å². The van der Waals surface area contributed by atoms with Crippen molar-refractivity contribution in [2.45, 2.75) is 39.3 Å². The quantitative estimate of drug-likeness (QED) is 0.873. The number of benzene rings is 1. The minimum absolute atomic E-state index is 0.0786. The summed E-state index contributed by atoms with van der Waals surface area (Å²) in [5, 5.41) is 2.98. The van der Waals surface area contributed by atoms with Gasteiger partial charge in [0.2, 0.25) is 5.91 Å². The van der Waals surface area contributed by atoms with Gasteiger partial charge in [-0.3, -0.25) is 9.59 Å². The number of aryl methyl sites for hydroxylation is 1. The van der Waals surface area contributed by atoms with Crippen molar-refractivity contribution < 1.29 is 14.3 Å². The number of ether oxygens (including phenoxy) is 1. The number of aromatic nitrogens is 1. The van der Waals surface area contributed by atoms with Gasteiger partial charge in [-0.1, -0.05) is 0 Å². The number of amides is 2. The second-order valence-corrected chi connectivity index (χ2v) is 7.72. The topological polar surface area (TPSA) is 85.5 Å². The Balaban J connectivity index is 1.63. The number of rotatable bonds is 5. The maximum Gasteiger partial charge on any atom is 0.254 e. The standard InChI is InChI=1S/C19H23N3O3S/c1-12-3-4-15(18(20)23)9-22(12)19(24)14-5-7-17(8-6-14)25-10-16-11-26-13(2)21-16/h5-8,11-12,15H,3-4,9-10H2,1-2H3,(H2,20,23)/t12-,15+/m1/s1. The van der Waals surface area contributed by atoms with E-state index in [0.717, 1.165) is 23.5 Å². The minimum Gasteiger partial charge on any atom is -0.487 e. The summed E-state index contributed by atoms with van der Waals surface area (Å²) in [4.78, 5) is 30.4. The van der Waals surface area contributed by atoms with Crippen LogP contribution in [0.5, 0.6) is 5.75 Å². The predicted octanol–water partition coefficient (Wildman–Crippen LogP) is 2.76. The normalized spacial score (nSPS) is 20.0. The number of hydrogen-bond donors (Lipinski definition) is 1. The Morgan fingerprint density at radius 3 is 2.65 bits per heavy atom. The van der Waals surface area contributed by atoms with Crippen LogP contribution in [0, 0.1) is 12.8 Å². The highest BCUT2D eigenvalue weighted by molar-refractivity contribution is 7.09. The summed E-state index contributed by atoms with van der Waals surface area (Å²) in [6.07, 6.45) is 1.52. The second kappa shape index (κ2) is 7.86. The molecular formula is C19H23N3O3S. The molecule has 3 rings (SSSR count). The molecule has 0 aliphatic carbocycles. The molecule has 0 bridgehead atoms. The highest BCUT2D eigenvalue weighted by Gasteiger charge is 2.32. The van der Waals surface area contributed by atoms with Crippen LogP contribution in [-0.4, -0.2) is 34.3 Å². The Kier molecular flexibility index (Phi) is 5.56. The van der Waals surface area contributed by atoms with E-state index >= 15 is 0 Å². The summed E-state index contributed by atoms with van der Waals surface area (Å²) in [6, 6.07) is 7.18. The first-order chi connectivity index (χ1) is 12.4. The van der Waals surface area contributed by atoms with Gasteiger partial charge in [0.15, 0.2) is 0 Å². The molecule has 1 aliphatic heterocycles. The van der Waals surface area contributed by atoms with Crippen molar-refractivity contribution in [2.24, 2.45) is 11.7 Å². The molecule has 2 amide bonds. The van der Waals surface area contributed by atoms with E-state index in [1.54, 1.807) is 40.5 Å². The molecule has 6 nitrogen and oxygen atoms in total. The predicted molar refractivity (Wildman–Crippen MR) is 100 cm³/mol. The molecule has 0 saturated carbocycles. The van der Waals surface area contributed by atoms with Gasteiger partial charge >= 0.3 is 0 Å². The van der Waals surface area contributed by atoms with Crippen molar-refractivity contribution in [3.63, 3.8) is 0 Å². The molecule has 1 aromatic carbocycles. The van der Waals surface area contributed by atoms with Crippen LogP contribution in [0.3, 0.4) is 0 Å². The van der Waals surface area contributed by atoms with E-state index in [1.807, 2.05) is 19.2 Å². The van der Waals surface area contributed by atoms with Gasteiger partial charge in [0, 0.05) is 23.5 Å².